The van der Waals surface area contributed by atoms with Crippen molar-refractivity contribution in [3.63, 3.8) is 0 Å². The lowest BCUT2D eigenvalue weighted by atomic mass is 10.1. The minimum absolute atomic E-state index is 0.0930. The summed E-state index contributed by atoms with van der Waals surface area (Å²) in [5.74, 6) is -0.0856. The van der Waals surface area contributed by atoms with E-state index in [1.54, 1.807) is 25.1 Å². The lowest BCUT2D eigenvalue weighted by Crippen LogP contribution is -2.21. The summed E-state index contributed by atoms with van der Waals surface area (Å²) in [5, 5.41) is 2.85. The van der Waals surface area contributed by atoms with E-state index in [-0.39, 0.29) is 11.8 Å². The lowest BCUT2D eigenvalue weighted by molar-refractivity contribution is -0.128. The van der Waals surface area contributed by atoms with Crippen molar-refractivity contribution in [2.75, 3.05) is 19.4 Å². The smallest absolute Gasteiger partial charge is 0.248 e. The van der Waals surface area contributed by atoms with Gasteiger partial charge in [0.25, 0.3) is 0 Å². The molecule has 2 aromatic carbocycles. The molecule has 0 radical (unpaired) electrons. The van der Waals surface area contributed by atoms with Gasteiger partial charge >= 0.3 is 0 Å². The van der Waals surface area contributed by atoms with Crippen LogP contribution in [0.25, 0.3) is 6.08 Å². The molecular weight excluding hydrogens is 312 g/mol. The number of carbonyl (C=O) groups excluding carboxylic acids is 2. The Kier molecular flexibility index (Phi) is 6.52. The van der Waals surface area contributed by atoms with E-state index in [0.717, 1.165) is 16.8 Å². The maximum atomic E-state index is 12.1. The van der Waals surface area contributed by atoms with Gasteiger partial charge in [-0.25, -0.2) is 0 Å². The van der Waals surface area contributed by atoms with Crippen LogP contribution in [0.15, 0.2) is 54.6 Å². The Morgan fingerprint density at radius 1 is 1.08 bits per heavy atom. The van der Waals surface area contributed by atoms with E-state index < -0.39 is 0 Å². The second-order valence-corrected chi connectivity index (χ2v) is 6.22. The second kappa shape index (κ2) is 8.83. The van der Waals surface area contributed by atoms with Crippen LogP contribution in [0.3, 0.4) is 0 Å². The van der Waals surface area contributed by atoms with Gasteiger partial charge in [-0.2, -0.15) is 0 Å². The Bertz CT molecular complexity index is 762. The van der Waals surface area contributed by atoms with Crippen molar-refractivity contribution < 1.29 is 9.59 Å². The maximum Gasteiger partial charge on any atom is 0.248 e. The van der Waals surface area contributed by atoms with E-state index in [1.165, 1.54) is 11.6 Å². The average molecular weight is 336 g/mol. The van der Waals surface area contributed by atoms with Crippen molar-refractivity contribution in [2.24, 2.45) is 0 Å². The lowest BCUT2D eigenvalue weighted by Gasteiger charge is -2.10. The number of carbonyl (C=O) groups is 2. The quantitative estimate of drug-likeness (QED) is 0.818. The summed E-state index contributed by atoms with van der Waals surface area (Å²) in [7, 11) is 3.50. The van der Waals surface area contributed by atoms with Gasteiger partial charge < -0.3 is 10.2 Å². The zero-order valence-electron chi connectivity index (χ0n) is 15.0. The zero-order valence-corrected chi connectivity index (χ0v) is 15.0. The molecule has 0 spiro atoms. The molecule has 0 aliphatic rings. The highest BCUT2D eigenvalue weighted by atomic mass is 16.2. The molecule has 0 bridgehead atoms. The van der Waals surface area contributed by atoms with Gasteiger partial charge in [-0.3, -0.25) is 9.59 Å². The first kappa shape index (κ1) is 18.5. The molecule has 0 saturated carbocycles. The van der Waals surface area contributed by atoms with Gasteiger partial charge in [0.2, 0.25) is 11.8 Å². The van der Waals surface area contributed by atoms with Gasteiger partial charge in [0.05, 0.1) is 0 Å². The van der Waals surface area contributed by atoms with E-state index in [1.807, 2.05) is 55.5 Å². The Morgan fingerprint density at radius 3 is 2.48 bits per heavy atom. The summed E-state index contributed by atoms with van der Waals surface area (Å²) in [5.41, 5.74) is 3.92. The molecule has 0 atom stereocenters. The van der Waals surface area contributed by atoms with Crippen molar-refractivity contribution in [1.82, 2.24) is 4.90 Å². The fraction of sp³-hybridized carbons (Fsp3) is 0.238. The molecule has 0 fully saturated rings. The second-order valence-electron chi connectivity index (χ2n) is 6.22. The minimum atomic E-state index is -0.179. The number of rotatable bonds is 6. The summed E-state index contributed by atoms with van der Waals surface area (Å²) >= 11 is 0. The standard InChI is InChI=1S/C21H24N2O2/c1-16-7-9-17(10-8-16)11-13-20(24)22-19-6-4-5-18(15-19)12-14-21(25)23(2)3/h4-11,13,15H,12,14H2,1-3H3,(H,22,24)/b13-11+. The predicted molar refractivity (Wildman–Crippen MR) is 102 cm³/mol. The first-order valence-corrected chi connectivity index (χ1v) is 8.29. The summed E-state index contributed by atoms with van der Waals surface area (Å²) < 4.78 is 0. The molecule has 0 saturated heterocycles. The maximum absolute atomic E-state index is 12.1. The fourth-order valence-electron chi connectivity index (χ4n) is 2.31. The third-order valence-corrected chi connectivity index (χ3v) is 3.83. The Balaban J connectivity index is 1.93. The van der Waals surface area contributed by atoms with Crippen LogP contribution in [0.1, 0.15) is 23.1 Å². The van der Waals surface area contributed by atoms with Gasteiger partial charge in [0.1, 0.15) is 0 Å². The van der Waals surface area contributed by atoms with Crippen LogP contribution in [0.2, 0.25) is 0 Å². The molecule has 4 heteroatoms. The van der Waals surface area contributed by atoms with E-state index >= 15 is 0 Å². The number of hydrogen-bond acceptors (Lipinski definition) is 2. The van der Waals surface area contributed by atoms with Gasteiger partial charge in [0, 0.05) is 32.3 Å². The number of nitrogens with zero attached hydrogens (tertiary/aromatic N) is 1. The third-order valence-electron chi connectivity index (χ3n) is 3.83. The van der Waals surface area contributed by atoms with E-state index in [4.69, 9.17) is 0 Å². The SMILES string of the molecule is Cc1ccc(/C=C/C(=O)Nc2cccc(CCC(=O)N(C)C)c2)cc1. The highest BCUT2D eigenvalue weighted by Gasteiger charge is 2.05. The number of amides is 2. The largest absolute Gasteiger partial charge is 0.349 e. The van der Waals surface area contributed by atoms with Crippen molar-refractivity contribution in [3.05, 3.63) is 71.3 Å². The van der Waals surface area contributed by atoms with Gasteiger partial charge in [-0.15, -0.1) is 0 Å². The van der Waals surface area contributed by atoms with Gasteiger partial charge in [0.15, 0.2) is 0 Å². The van der Waals surface area contributed by atoms with Gasteiger partial charge in [-0.1, -0.05) is 42.0 Å². The zero-order chi connectivity index (χ0) is 18.2. The molecule has 0 aliphatic carbocycles. The number of hydrogen-bond donors (Lipinski definition) is 1. The normalized spacial score (nSPS) is 10.7. The molecule has 0 aromatic heterocycles. The first-order valence-electron chi connectivity index (χ1n) is 8.29. The number of benzene rings is 2. The molecule has 2 rings (SSSR count). The van der Waals surface area contributed by atoms with Crippen LogP contribution in [-0.4, -0.2) is 30.8 Å². The summed E-state index contributed by atoms with van der Waals surface area (Å²) in [4.78, 5) is 25.3. The van der Waals surface area contributed by atoms with E-state index in [0.29, 0.717) is 12.8 Å². The number of anilines is 1. The van der Waals surface area contributed by atoms with Crippen LogP contribution < -0.4 is 5.32 Å². The fourth-order valence-corrected chi connectivity index (χ4v) is 2.31. The molecule has 1 N–H and O–H groups in total. The summed E-state index contributed by atoms with van der Waals surface area (Å²) in [6, 6.07) is 15.6. The molecule has 130 valence electrons. The minimum Gasteiger partial charge on any atom is -0.349 e. The van der Waals surface area contributed by atoms with Crippen molar-refractivity contribution in [2.45, 2.75) is 19.8 Å². The van der Waals surface area contributed by atoms with Crippen LogP contribution in [0.4, 0.5) is 5.69 Å². The van der Waals surface area contributed by atoms with Crippen molar-refractivity contribution in [3.8, 4) is 0 Å². The summed E-state index contributed by atoms with van der Waals surface area (Å²) in [6.07, 6.45) is 4.42. The van der Waals surface area contributed by atoms with Crippen molar-refractivity contribution >= 4 is 23.6 Å². The molecule has 2 amide bonds. The Hall–Kier alpha value is -2.88. The number of aryl methyl sites for hydroxylation is 2. The topological polar surface area (TPSA) is 49.4 Å². The van der Waals surface area contributed by atoms with E-state index in [2.05, 4.69) is 5.32 Å². The number of nitrogens with one attached hydrogen (secondary N) is 1. The highest BCUT2D eigenvalue weighted by Crippen LogP contribution is 2.13. The van der Waals surface area contributed by atoms with Crippen LogP contribution in [0.5, 0.6) is 0 Å². The van der Waals surface area contributed by atoms with E-state index in [9.17, 15) is 9.59 Å². The molecule has 2 aromatic rings. The van der Waals surface area contributed by atoms with Crippen LogP contribution >= 0.6 is 0 Å². The molecule has 0 aliphatic heterocycles. The molecular formula is C21H24N2O2. The van der Waals surface area contributed by atoms with Crippen LogP contribution in [-0.2, 0) is 16.0 Å². The first-order chi connectivity index (χ1) is 11.9. The van der Waals surface area contributed by atoms with Crippen LogP contribution in [0, 0.1) is 6.92 Å². The van der Waals surface area contributed by atoms with Gasteiger partial charge in [-0.05, 0) is 42.7 Å². The molecule has 25 heavy (non-hydrogen) atoms. The van der Waals surface area contributed by atoms with Crippen molar-refractivity contribution in [1.29, 1.82) is 0 Å². The Morgan fingerprint density at radius 2 is 1.80 bits per heavy atom. The molecule has 0 heterocycles. The third kappa shape index (κ3) is 6.26. The average Bonchev–Trinajstić information content (AvgIpc) is 2.59. The molecule has 4 nitrogen and oxygen atoms in total. The summed E-state index contributed by atoms with van der Waals surface area (Å²) in [6.45, 7) is 2.03. The monoisotopic (exact) mass is 336 g/mol. The molecule has 0 unspecified atom stereocenters. The Labute approximate surface area is 149 Å². The predicted octanol–water partition coefficient (Wildman–Crippen LogP) is 3.67. The highest BCUT2D eigenvalue weighted by molar-refractivity contribution is 6.01.